The van der Waals surface area contributed by atoms with E-state index in [2.05, 4.69) is 10.2 Å². The topological polar surface area (TPSA) is 50.9 Å². The number of alkyl halides is 3. The summed E-state index contributed by atoms with van der Waals surface area (Å²) in [7, 11) is 0. The van der Waals surface area contributed by atoms with Crippen molar-refractivity contribution >= 4 is 0 Å². The maximum Gasteiger partial charge on any atom is 0.416 e. The number of aromatic nitrogens is 3. The van der Waals surface area contributed by atoms with Gasteiger partial charge in [-0.2, -0.15) is 13.2 Å². The van der Waals surface area contributed by atoms with Crippen LogP contribution in [0.1, 0.15) is 30.3 Å². The van der Waals surface area contributed by atoms with Gasteiger partial charge in [-0.3, -0.25) is 0 Å². The van der Waals surface area contributed by atoms with Crippen LogP contribution < -0.4 is 0 Å². The molecule has 1 N–H and O–H groups in total. The average Bonchev–Trinajstić information content (AvgIpc) is 3.17. The third-order valence-electron chi connectivity index (χ3n) is 3.35. The van der Waals surface area contributed by atoms with E-state index in [1.54, 1.807) is 0 Å². The monoisotopic (exact) mass is 301 g/mol. The van der Waals surface area contributed by atoms with Crippen LogP contribution in [-0.4, -0.2) is 19.9 Å². The van der Waals surface area contributed by atoms with Gasteiger partial charge in [0.2, 0.25) is 0 Å². The lowest BCUT2D eigenvalue weighted by Crippen LogP contribution is -2.08. The van der Waals surface area contributed by atoms with Gasteiger partial charge in [-0.15, -0.1) is 10.2 Å². The van der Waals surface area contributed by atoms with Gasteiger partial charge in [-0.25, -0.2) is 4.39 Å². The lowest BCUT2D eigenvalue weighted by atomic mass is 10.1. The summed E-state index contributed by atoms with van der Waals surface area (Å²) in [4.78, 5) is 0. The first-order valence-corrected chi connectivity index (χ1v) is 6.33. The molecule has 1 aromatic carbocycles. The van der Waals surface area contributed by atoms with Crippen LogP contribution >= 0.6 is 0 Å². The van der Waals surface area contributed by atoms with E-state index in [1.807, 2.05) is 0 Å². The Balaban J connectivity index is 2.14. The van der Waals surface area contributed by atoms with Gasteiger partial charge in [-0.1, -0.05) is 0 Å². The van der Waals surface area contributed by atoms with E-state index in [0.717, 1.165) is 25.0 Å². The highest BCUT2D eigenvalue weighted by atomic mass is 19.4. The number of hydrogen-bond acceptors (Lipinski definition) is 3. The molecule has 0 radical (unpaired) electrons. The molecule has 1 fully saturated rings. The summed E-state index contributed by atoms with van der Waals surface area (Å²) in [6, 6.07) is 2.18. The number of aliphatic hydroxyl groups excluding tert-OH is 1. The maximum atomic E-state index is 13.9. The molecule has 0 aliphatic heterocycles. The second-order valence-electron chi connectivity index (χ2n) is 4.89. The van der Waals surface area contributed by atoms with Gasteiger partial charge in [0.25, 0.3) is 0 Å². The van der Waals surface area contributed by atoms with Gasteiger partial charge < -0.3 is 9.67 Å². The van der Waals surface area contributed by atoms with Crippen LogP contribution in [-0.2, 0) is 12.8 Å². The van der Waals surface area contributed by atoms with Crippen LogP contribution in [0.25, 0.3) is 11.4 Å². The van der Waals surface area contributed by atoms with Crippen molar-refractivity contribution < 1.29 is 22.7 Å². The minimum Gasteiger partial charge on any atom is -0.388 e. The van der Waals surface area contributed by atoms with Crippen LogP contribution in [0.2, 0.25) is 0 Å². The van der Waals surface area contributed by atoms with E-state index in [0.29, 0.717) is 6.07 Å². The Morgan fingerprint density at radius 2 is 1.95 bits per heavy atom. The van der Waals surface area contributed by atoms with Crippen molar-refractivity contribution in [2.75, 3.05) is 0 Å². The first-order valence-electron chi connectivity index (χ1n) is 6.33. The quantitative estimate of drug-likeness (QED) is 0.887. The summed E-state index contributed by atoms with van der Waals surface area (Å²) >= 11 is 0. The fraction of sp³-hybridized carbons (Fsp3) is 0.385. The standard InChI is InChI=1S/C13H11F4N3O/c14-10-4-1-7(13(15,16)17)5-9(10)12-19-18-11(6-21)20(12)8-2-3-8/h1,4-5,8,21H,2-3,6H2. The number of aliphatic hydroxyl groups is 1. The Kier molecular flexibility index (Phi) is 3.20. The van der Waals surface area contributed by atoms with E-state index in [1.165, 1.54) is 4.57 Å². The highest BCUT2D eigenvalue weighted by Crippen LogP contribution is 2.40. The minimum atomic E-state index is -4.56. The molecular weight excluding hydrogens is 290 g/mol. The number of nitrogens with zero attached hydrogens (tertiary/aromatic N) is 3. The lowest BCUT2D eigenvalue weighted by Gasteiger charge is -2.11. The average molecular weight is 301 g/mol. The van der Waals surface area contributed by atoms with Crippen molar-refractivity contribution in [3.05, 3.63) is 35.4 Å². The number of rotatable bonds is 3. The molecule has 0 amide bonds. The van der Waals surface area contributed by atoms with Gasteiger partial charge in [0, 0.05) is 6.04 Å². The second-order valence-corrected chi connectivity index (χ2v) is 4.89. The molecule has 4 nitrogen and oxygen atoms in total. The molecule has 1 saturated carbocycles. The van der Waals surface area contributed by atoms with Gasteiger partial charge in [0.1, 0.15) is 12.4 Å². The Labute approximate surface area is 117 Å². The zero-order valence-corrected chi connectivity index (χ0v) is 10.7. The molecule has 0 unspecified atom stereocenters. The SMILES string of the molecule is OCc1nnc(-c2cc(C(F)(F)F)ccc2F)n1C1CC1. The van der Waals surface area contributed by atoms with Crippen molar-refractivity contribution in [2.45, 2.75) is 31.7 Å². The van der Waals surface area contributed by atoms with E-state index >= 15 is 0 Å². The number of halogens is 4. The van der Waals surface area contributed by atoms with Crippen molar-refractivity contribution in [3.63, 3.8) is 0 Å². The van der Waals surface area contributed by atoms with Crippen LogP contribution in [0, 0.1) is 5.82 Å². The van der Waals surface area contributed by atoms with Gasteiger partial charge in [-0.05, 0) is 31.0 Å². The van der Waals surface area contributed by atoms with Crippen LogP contribution in [0.3, 0.4) is 0 Å². The largest absolute Gasteiger partial charge is 0.416 e. The third-order valence-corrected chi connectivity index (χ3v) is 3.35. The van der Waals surface area contributed by atoms with E-state index in [4.69, 9.17) is 0 Å². The van der Waals surface area contributed by atoms with E-state index < -0.39 is 24.2 Å². The summed E-state index contributed by atoms with van der Waals surface area (Å²) in [6.45, 7) is -0.399. The fourth-order valence-electron chi connectivity index (χ4n) is 2.20. The number of hydrogen-bond donors (Lipinski definition) is 1. The molecule has 112 valence electrons. The molecule has 0 spiro atoms. The predicted molar refractivity (Wildman–Crippen MR) is 64.6 cm³/mol. The fourth-order valence-corrected chi connectivity index (χ4v) is 2.20. The Hall–Kier alpha value is -1.96. The third kappa shape index (κ3) is 2.51. The van der Waals surface area contributed by atoms with E-state index in [-0.39, 0.29) is 23.3 Å². The zero-order valence-electron chi connectivity index (χ0n) is 10.7. The highest BCUT2D eigenvalue weighted by Gasteiger charge is 2.34. The Morgan fingerprint density at radius 1 is 1.24 bits per heavy atom. The molecule has 0 bridgehead atoms. The molecule has 1 aliphatic rings. The van der Waals surface area contributed by atoms with Gasteiger partial charge >= 0.3 is 6.18 Å². The van der Waals surface area contributed by atoms with Crippen LogP contribution in [0.15, 0.2) is 18.2 Å². The van der Waals surface area contributed by atoms with Crippen molar-refractivity contribution in [2.24, 2.45) is 0 Å². The smallest absolute Gasteiger partial charge is 0.388 e. The summed E-state index contributed by atoms with van der Waals surface area (Å²) in [6.07, 6.45) is -2.95. The first kappa shape index (κ1) is 14.0. The molecule has 21 heavy (non-hydrogen) atoms. The highest BCUT2D eigenvalue weighted by molar-refractivity contribution is 5.58. The molecule has 0 atom stereocenters. The van der Waals surface area contributed by atoms with Crippen molar-refractivity contribution in [1.29, 1.82) is 0 Å². The van der Waals surface area contributed by atoms with Crippen molar-refractivity contribution in [1.82, 2.24) is 14.8 Å². The summed E-state index contributed by atoms with van der Waals surface area (Å²) in [5.41, 5.74) is -1.21. The molecule has 1 aliphatic carbocycles. The second kappa shape index (κ2) is 4.80. The predicted octanol–water partition coefficient (Wildman–Crippen LogP) is 2.93. The molecule has 2 aromatic rings. The van der Waals surface area contributed by atoms with E-state index in [9.17, 15) is 22.7 Å². The first-order chi connectivity index (χ1) is 9.91. The van der Waals surface area contributed by atoms with Gasteiger partial charge in [0.05, 0.1) is 11.1 Å². The molecule has 0 saturated heterocycles. The molecular formula is C13H11F4N3O. The molecule has 1 heterocycles. The summed E-state index contributed by atoms with van der Waals surface area (Å²) < 4.78 is 53.7. The minimum absolute atomic E-state index is 0.00564. The molecule has 1 aromatic heterocycles. The Morgan fingerprint density at radius 3 is 2.52 bits per heavy atom. The van der Waals surface area contributed by atoms with Gasteiger partial charge in [0.15, 0.2) is 11.6 Å². The zero-order chi connectivity index (χ0) is 15.2. The summed E-state index contributed by atoms with van der Waals surface area (Å²) in [5, 5.41) is 16.7. The Bertz CT molecular complexity index is 677. The van der Waals surface area contributed by atoms with Crippen LogP contribution in [0.4, 0.5) is 17.6 Å². The van der Waals surface area contributed by atoms with Crippen molar-refractivity contribution in [3.8, 4) is 11.4 Å². The number of benzene rings is 1. The molecule has 8 heteroatoms. The summed E-state index contributed by atoms with van der Waals surface area (Å²) in [5.74, 6) is -0.559. The molecule has 3 rings (SSSR count). The lowest BCUT2D eigenvalue weighted by molar-refractivity contribution is -0.137. The normalized spacial score (nSPS) is 15.5. The maximum absolute atomic E-state index is 13.9. The van der Waals surface area contributed by atoms with Crippen LogP contribution in [0.5, 0.6) is 0 Å².